The van der Waals surface area contributed by atoms with E-state index in [2.05, 4.69) is 10.0 Å². The van der Waals surface area contributed by atoms with Gasteiger partial charge in [0.2, 0.25) is 0 Å². The molecule has 0 aromatic heterocycles. The van der Waals surface area contributed by atoms with Crippen LogP contribution >= 0.6 is 0 Å². The smallest absolute Gasteiger partial charge is 0.122 e. The zero-order valence-electron chi connectivity index (χ0n) is 10.1. The minimum Gasteiger partial charge on any atom is -0.496 e. The molecular formula is C12H17N3O2. The molecule has 0 heterocycles. The van der Waals surface area contributed by atoms with Crippen molar-refractivity contribution in [2.75, 3.05) is 13.7 Å². The van der Waals surface area contributed by atoms with E-state index in [1.807, 2.05) is 25.1 Å². The van der Waals surface area contributed by atoms with Gasteiger partial charge in [0.05, 0.1) is 13.2 Å². The highest BCUT2D eigenvalue weighted by atomic mass is 16.5. The lowest BCUT2D eigenvalue weighted by atomic mass is 10.00. The number of nitrogens with zero attached hydrogens (tertiary/aromatic N) is 3. The number of hydrogen-bond donors (Lipinski definition) is 1. The van der Waals surface area contributed by atoms with Gasteiger partial charge in [-0.05, 0) is 31.4 Å². The molecule has 1 aromatic rings. The molecule has 0 amide bonds. The predicted molar refractivity (Wildman–Crippen MR) is 65.9 cm³/mol. The summed E-state index contributed by atoms with van der Waals surface area (Å²) in [7, 11) is 1.59. The Balaban J connectivity index is 3.06. The Bertz CT molecular complexity index is 414. The quantitative estimate of drug-likeness (QED) is 0.467. The van der Waals surface area contributed by atoms with Gasteiger partial charge in [-0.3, -0.25) is 0 Å². The second-order valence-electron chi connectivity index (χ2n) is 3.83. The Morgan fingerprint density at radius 3 is 2.88 bits per heavy atom. The standard InChI is InChI=1S/C12H17N3O2/c1-9-5-6-12(17-2)10(8-9)11(14-15-13)4-3-7-16/h5-6,8,11,16H,3-4,7H2,1-2H3. The van der Waals surface area contributed by atoms with E-state index in [1.54, 1.807) is 7.11 Å². The third kappa shape index (κ3) is 3.66. The van der Waals surface area contributed by atoms with Crippen LogP contribution in [0, 0.1) is 6.92 Å². The van der Waals surface area contributed by atoms with Crippen LogP contribution < -0.4 is 4.74 Å². The second kappa shape index (κ2) is 6.78. The van der Waals surface area contributed by atoms with E-state index in [1.165, 1.54) is 0 Å². The van der Waals surface area contributed by atoms with Crippen LogP contribution in [0.2, 0.25) is 0 Å². The maximum Gasteiger partial charge on any atom is 0.122 e. The average Bonchev–Trinajstić information content (AvgIpc) is 2.34. The van der Waals surface area contributed by atoms with Crippen molar-refractivity contribution in [1.82, 2.24) is 0 Å². The van der Waals surface area contributed by atoms with E-state index in [9.17, 15) is 0 Å². The summed E-state index contributed by atoms with van der Waals surface area (Å²) in [6, 6.07) is 5.47. The van der Waals surface area contributed by atoms with Crippen LogP contribution in [-0.4, -0.2) is 18.8 Å². The number of rotatable bonds is 6. The van der Waals surface area contributed by atoms with Crippen molar-refractivity contribution in [1.29, 1.82) is 0 Å². The van der Waals surface area contributed by atoms with Gasteiger partial charge in [0.1, 0.15) is 5.75 Å². The fourth-order valence-corrected chi connectivity index (χ4v) is 1.74. The number of ether oxygens (including phenoxy) is 1. The number of hydrogen-bond acceptors (Lipinski definition) is 3. The molecule has 5 heteroatoms. The third-order valence-corrected chi connectivity index (χ3v) is 2.57. The van der Waals surface area contributed by atoms with Gasteiger partial charge in [0, 0.05) is 17.1 Å². The molecule has 0 spiro atoms. The molecule has 0 fully saturated rings. The van der Waals surface area contributed by atoms with Crippen LogP contribution in [0.4, 0.5) is 0 Å². The number of azide groups is 1. The average molecular weight is 235 g/mol. The summed E-state index contributed by atoms with van der Waals surface area (Å²) >= 11 is 0. The number of aryl methyl sites for hydroxylation is 1. The molecule has 0 bridgehead atoms. The van der Waals surface area contributed by atoms with Crippen molar-refractivity contribution in [3.05, 3.63) is 39.8 Å². The summed E-state index contributed by atoms with van der Waals surface area (Å²) in [5, 5.41) is 12.6. The second-order valence-corrected chi connectivity index (χ2v) is 3.83. The minimum atomic E-state index is -0.290. The van der Waals surface area contributed by atoms with E-state index in [0.29, 0.717) is 18.6 Å². The highest BCUT2D eigenvalue weighted by Gasteiger charge is 2.14. The molecule has 1 atom stereocenters. The van der Waals surface area contributed by atoms with E-state index in [-0.39, 0.29) is 12.6 Å². The Morgan fingerprint density at radius 2 is 2.29 bits per heavy atom. The fourth-order valence-electron chi connectivity index (χ4n) is 1.74. The van der Waals surface area contributed by atoms with Crippen molar-refractivity contribution in [3.63, 3.8) is 0 Å². The summed E-state index contributed by atoms with van der Waals surface area (Å²) in [5.41, 5.74) is 10.5. The number of benzene rings is 1. The third-order valence-electron chi connectivity index (χ3n) is 2.57. The molecule has 0 saturated heterocycles. The molecule has 0 saturated carbocycles. The largest absolute Gasteiger partial charge is 0.496 e. The van der Waals surface area contributed by atoms with Crippen molar-refractivity contribution >= 4 is 0 Å². The molecule has 0 aliphatic carbocycles. The van der Waals surface area contributed by atoms with Crippen LogP contribution in [0.1, 0.15) is 30.0 Å². The first-order chi connectivity index (χ1) is 8.22. The normalized spacial score (nSPS) is 11.7. The summed E-state index contributed by atoms with van der Waals surface area (Å²) < 4.78 is 5.26. The van der Waals surface area contributed by atoms with Crippen molar-refractivity contribution in [2.45, 2.75) is 25.8 Å². The fraction of sp³-hybridized carbons (Fsp3) is 0.500. The van der Waals surface area contributed by atoms with Crippen molar-refractivity contribution < 1.29 is 9.84 Å². The van der Waals surface area contributed by atoms with Crippen LogP contribution in [0.25, 0.3) is 10.4 Å². The minimum absolute atomic E-state index is 0.0889. The van der Waals surface area contributed by atoms with E-state index >= 15 is 0 Å². The molecule has 1 unspecified atom stereocenters. The number of methoxy groups -OCH3 is 1. The molecule has 1 rings (SSSR count). The maximum atomic E-state index is 8.85. The van der Waals surface area contributed by atoms with Gasteiger partial charge < -0.3 is 9.84 Å². The lowest BCUT2D eigenvalue weighted by molar-refractivity contribution is 0.279. The predicted octanol–water partition coefficient (Wildman–Crippen LogP) is 3.13. The number of aliphatic hydroxyl groups excluding tert-OH is 1. The molecule has 1 aromatic carbocycles. The van der Waals surface area contributed by atoms with Gasteiger partial charge in [-0.2, -0.15) is 0 Å². The maximum absolute atomic E-state index is 8.85. The zero-order valence-corrected chi connectivity index (χ0v) is 10.1. The molecular weight excluding hydrogens is 218 g/mol. The SMILES string of the molecule is COc1ccc(C)cc1C(CCCO)N=[N+]=[N-]. The van der Waals surface area contributed by atoms with Gasteiger partial charge >= 0.3 is 0 Å². The van der Waals surface area contributed by atoms with Gasteiger partial charge in [-0.25, -0.2) is 0 Å². The lowest BCUT2D eigenvalue weighted by Gasteiger charge is -2.15. The van der Waals surface area contributed by atoms with Gasteiger partial charge in [0.15, 0.2) is 0 Å². The summed E-state index contributed by atoms with van der Waals surface area (Å²) in [6.45, 7) is 2.06. The summed E-state index contributed by atoms with van der Waals surface area (Å²) in [4.78, 5) is 2.86. The van der Waals surface area contributed by atoms with Crippen LogP contribution in [0.3, 0.4) is 0 Å². The Hall–Kier alpha value is -1.71. The number of aliphatic hydroxyl groups is 1. The summed E-state index contributed by atoms with van der Waals surface area (Å²) in [6.07, 6.45) is 1.21. The molecule has 5 nitrogen and oxygen atoms in total. The first-order valence-electron chi connectivity index (χ1n) is 5.52. The van der Waals surface area contributed by atoms with Crippen molar-refractivity contribution in [2.24, 2.45) is 5.11 Å². The van der Waals surface area contributed by atoms with Gasteiger partial charge in [-0.15, -0.1) is 0 Å². The highest BCUT2D eigenvalue weighted by molar-refractivity contribution is 5.39. The first-order valence-corrected chi connectivity index (χ1v) is 5.52. The topological polar surface area (TPSA) is 78.2 Å². The first kappa shape index (κ1) is 13.4. The Labute approximate surface area is 101 Å². The van der Waals surface area contributed by atoms with E-state index in [0.717, 1.165) is 11.1 Å². The Morgan fingerprint density at radius 1 is 1.53 bits per heavy atom. The highest BCUT2D eigenvalue weighted by Crippen LogP contribution is 2.31. The van der Waals surface area contributed by atoms with E-state index in [4.69, 9.17) is 15.4 Å². The monoisotopic (exact) mass is 235 g/mol. The molecule has 1 N–H and O–H groups in total. The molecule has 17 heavy (non-hydrogen) atoms. The van der Waals surface area contributed by atoms with E-state index < -0.39 is 0 Å². The molecule has 0 aliphatic heterocycles. The van der Waals surface area contributed by atoms with Gasteiger partial charge in [-0.1, -0.05) is 22.8 Å². The molecule has 92 valence electrons. The zero-order chi connectivity index (χ0) is 12.7. The van der Waals surface area contributed by atoms with Crippen LogP contribution in [-0.2, 0) is 0 Å². The van der Waals surface area contributed by atoms with Crippen LogP contribution in [0.15, 0.2) is 23.3 Å². The van der Waals surface area contributed by atoms with Crippen molar-refractivity contribution in [3.8, 4) is 5.75 Å². The molecule has 0 aliphatic rings. The van der Waals surface area contributed by atoms with Crippen LogP contribution in [0.5, 0.6) is 5.75 Å². The van der Waals surface area contributed by atoms with Gasteiger partial charge in [0.25, 0.3) is 0 Å². The lowest BCUT2D eigenvalue weighted by Crippen LogP contribution is -2.00. The Kier molecular flexibility index (Phi) is 5.33. The molecule has 0 radical (unpaired) electrons. The summed E-state index contributed by atoms with van der Waals surface area (Å²) in [5.74, 6) is 0.714.